The zero-order chi connectivity index (χ0) is 25.8. The second-order valence-corrected chi connectivity index (χ2v) is 11.0. The summed E-state index contributed by atoms with van der Waals surface area (Å²) in [5.41, 5.74) is 3.38. The minimum atomic E-state index is -3.33. The second kappa shape index (κ2) is 10.7. The number of piperazine rings is 1. The van der Waals surface area contributed by atoms with E-state index >= 15 is 0 Å². The Balaban J connectivity index is 1.26. The van der Waals surface area contributed by atoms with Crippen LogP contribution in [0.4, 0.5) is 11.6 Å². The van der Waals surface area contributed by atoms with E-state index in [1.807, 2.05) is 36.4 Å². The Morgan fingerprint density at radius 1 is 1.03 bits per heavy atom. The molecule has 10 nitrogen and oxygen atoms in total. The molecule has 3 heterocycles. The number of hydrogen-bond donors (Lipinski definition) is 3. The Kier molecular flexibility index (Phi) is 7.17. The largest absolute Gasteiger partial charge is 0.351 e. The smallest absolute Gasteiger partial charge is 0.251 e. The topological polar surface area (TPSA) is 121 Å². The molecule has 11 heteroatoms. The summed E-state index contributed by atoms with van der Waals surface area (Å²) in [7, 11) is -3.33. The molecule has 0 bridgehead atoms. The van der Waals surface area contributed by atoms with Crippen molar-refractivity contribution < 1.29 is 13.2 Å². The third kappa shape index (κ3) is 5.96. The summed E-state index contributed by atoms with van der Waals surface area (Å²) in [4.78, 5) is 19.6. The number of rotatable bonds is 8. The number of benzene rings is 2. The molecule has 1 saturated heterocycles. The van der Waals surface area contributed by atoms with Gasteiger partial charge in [0.25, 0.3) is 5.91 Å². The Morgan fingerprint density at radius 2 is 1.78 bits per heavy atom. The van der Waals surface area contributed by atoms with Gasteiger partial charge in [-0.3, -0.25) is 9.69 Å². The van der Waals surface area contributed by atoms with Gasteiger partial charge in [0.1, 0.15) is 0 Å². The molecule has 1 aliphatic rings. The van der Waals surface area contributed by atoms with Gasteiger partial charge in [0.2, 0.25) is 5.95 Å². The van der Waals surface area contributed by atoms with Crippen LogP contribution < -0.4 is 16.0 Å². The number of anilines is 2. The highest BCUT2D eigenvalue weighted by Gasteiger charge is 2.13. The molecule has 37 heavy (non-hydrogen) atoms. The fourth-order valence-electron chi connectivity index (χ4n) is 4.26. The molecule has 4 aromatic rings. The molecule has 0 unspecified atom stereocenters. The van der Waals surface area contributed by atoms with Gasteiger partial charge in [0, 0.05) is 62.3 Å². The molecular weight excluding hydrogens is 490 g/mol. The van der Waals surface area contributed by atoms with Crippen LogP contribution in [0, 0.1) is 0 Å². The maximum Gasteiger partial charge on any atom is 0.251 e. The van der Waals surface area contributed by atoms with Crippen LogP contribution >= 0.6 is 0 Å². The molecule has 1 aliphatic heterocycles. The molecule has 1 amide bonds. The van der Waals surface area contributed by atoms with Crippen LogP contribution in [0.3, 0.4) is 0 Å². The number of aromatic nitrogens is 3. The van der Waals surface area contributed by atoms with Gasteiger partial charge in [-0.05, 0) is 48.5 Å². The number of pyridine rings is 1. The number of nitrogens with one attached hydrogen (secondary N) is 3. The average molecular weight is 520 g/mol. The summed E-state index contributed by atoms with van der Waals surface area (Å²) in [6.07, 6.45) is 1.19. The summed E-state index contributed by atoms with van der Waals surface area (Å²) >= 11 is 0. The van der Waals surface area contributed by atoms with E-state index in [4.69, 9.17) is 0 Å². The van der Waals surface area contributed by atoms with Crippen LogP contribution in [0.25, 0.3) is 16.9 Å². The molecule has 0 radical (unpaired) electrons. The van der Waals surface area contributed by atoms with Crippen LogP contribution in [-0.4, -0.2) is 79.3 Å². The van der Waals surface area contributed by atoms with Crippen molar-refractivity contribution in [3.8, 4) is 11.3 Å². The monoisotopic (exact) mass is 519 g/mol. The van der Waals surface area contributed by atoms with E-state index in [0.717, 1.165) is 49.7 Å². The zero-order valence-electron chi connectivity index (χ0n) is 20.5. The fourth-order valence-corrected chi connectivity index (χ4v) is 4.93. The predicted octanol–water partition coefficient (Wildman–Crippen LogP) is 2.18. The minimum Gasteiger partial charge on any atom is -0.351 e. The number of fused-ring (bicyclic) bond motifs is 1. The Morgan fingerprint density at radius 3 is 2.54 bits per heavy atom. The molecule has 192 valence electrons. The van der Waals surface area contributed by atoms with Gasteiger partial charge < -0.3 is 16.0 Å². The maximum absolute atomic E-state index is 12.5. The summed E-state index contributed by atoms with van der Waals surface area (Å²) in [5.74, 6) is 0.286. The van der Waals surface area contributed by atoms with Gasteiger partial charge >= 0.3 is 0 Å². The number of carbonyl (C=O) groups is 1. The van der Waals surface area contributed by atoms with Crippen molar-refractivity contribution >= 4 is 33.0 Å². The third-order valence-electron chi connectivity index (χ3n) is 6.24. The zero-order valence-corrected chi connectivity index (χ0v) is 21.3. The van der Waals surface area contributed by atoms with Crippen molar-refractivity contribution in [2.24, 2.45) is 0 Å². The average Bonchev–Trinajstić information content (AvgIpc) is 3.32. The van der Waals surface area contributed by atoms with E-state index in [2.05, 4.69) is 30.9 Å². The van der Waals surface area contributed by atoms with Crippen molar-refractivity contribution in [2.45, 2.75) is 4.90 Å². The van der Waals surface area contributed by atoms with E-state index in [-0.39, 0.29) is 10.8 Å². The molecule has 0 atom stereocenters. The molecule has 0 aliphatic carbocycles. The summed E-state index contributed by atoms with van der Waals surface area (Å²) < 4.78 is 25.7. The highest BCUT2D eigenvalue weighted by atomic mass is 32.2. The highest BCUT2D eigenvalue weighted by molar-refractivity contribution is 7.90. The molecule has 1 fully saturated rings. The van der Waals surface area contributed by atoms with Gasteiger partial charge in [0.05, 0.1) is 10.6 Å². The van der Waals surface area contributed by atoms with Crippen LogP contribution in [0.1, 0.15) is 10.4 Å². The summed E-state index contributed by atoms with van der Waals surface area (Å²) in [5, 5.41) is 14.1. The molecule has 3 N–H and O–H groups in total. The van der Waals surface area contributed by atoms with Crippen molar-refractivity contribution in [3.05, 3.63) is 72.3 Å². The summed E-state index contributed by atoms with van der Waals surface area (Å²) in [6, 6.07) is 19.5. The van der Waals surface area contributed by atoms with Gasteiger partial charge in [-0.1, -0.05) is 18.2 Å². The van der Waals surface area contributed by atoms with Crippen molar-refractivity contribution in [3.63, 3.8) is 0 Å². The lowest BCUT2D eigenvalue weighted by molar-refractivity contribution is 0.0947. The molecule has 0 saturated carbocycles. The van der Waals surface area contributed by atoms with Gasteiger partial charge in [0.15, 0.2) is 15.5 Å². The fraction of sp³-hybridized carbons (Fsp3) is 0.269. The third-order valence-corrected chi connectivity index (χ3v) is 7.35. The Bertz CT molecular complexity index is 1510. The molecule has 2 aromatic carbocycles. The van der Waals surface area contributed by atoms with E-state index in [1.165, 1.54) is 6.26 Å². The normalized spacial score (nSPS) is 14.5. The number of carbonyl (C=O) groups excluding carboxylic acids is 1. The van der Waals surface area contributed by atoms with Crippen molar-refractivity contribution in [1.82, 2.24) is 30.1 Å². The molecule has 5 rings (SSSR count). The first-order valence-electron chi connectivity index (χ1n) is 12.1. The minimum absolute atomic E-state index is 0.103. The van der Waals surface area contributed by atoms with Crippen LogP contribution in [0.5, 0.6) is 0 Å². The lowest BCUT2D eigenvalue weighted by atomic mass is 10.1. The maximum atomic E-state index is 12.5. The lowest BCUT2D eigenvalue weighted by Gasteiger charge is -2.27. The SMILES string of the molecule is CS(=O)(=O)c1cccc(-c2cccc3nc(Nc4ccc(C(=O)NCCN5CCNCC5)cc4)nn23)c1. The van der Waals surface area contributed by atoms with Gasteiger partial charge in [-0.15, -0.1) is 5.10 Å². The van der Waals surface area contributed by atoms with E-state index < -0.39 is 9.84 Å². The molecule has 2 aromatic heterocycles. The predicted molar refractivity (Wildman–Crippen MR) is 143 cm³/mol. The van der Waals surface area contributed by atoms with Crippen LogP contribution in [-0.2, 0) is 9.84 Å². The first-order chi connectivity index (χ1) is 17.9. The van der Waals surface area contributed by atoms with E-state index in [9.17, 15) is 13.2 Å². The number of nitrogens with zero attached hydrogens (tertiary/aromatic N) is 4. The first-order valence-corrected chi connectivity index (χ1v) is 14.0. The lowest BCUT2D eigenvalue weighted by Crippen LogP contribution is -2.46. The van der Waals surface area contributed by atoms with Gasteiger partial charge in [-0.2, -0.15) is 4.98 Å². The van der Waals surface area contributed by atoms with Crippen molar-refractivity contribution in [1.29, 1.82) is 0 Å². The van der Waals surface area contributed by atoms with E-state index in [1.54, 1.807) is 34.8 Å². The number of sulfone groups is 1. The van der Waals surface area contributed by atoms with Gasteiger partial charge in [-0.25, -0.2) is 12.9 Å². The van der Waals surface area contributed by atoms with Crippen LogP contribution in [0.2, 0.25) is 0 Å². The number of hydrogen-bond acceptors (Lipinski definition) is 8. The summed E-state index contributed by atoms with van der Waals surface area (Å²) in [6.45, 7) is 5.43. The van der Waals surface area contributed by atoms with E-state index in [0.29, 0.717) is 23.7 Å². The van der Waals surface area contributed by atoms with Crippen molar-refractivity contribution in [2.75, 3.05) is 50.8 Å². The quantitative estimate of drug-likeness (QED) is 0.324. The number of amides is 1. The Labute approximate surface area is 215 Å². The second-order valence-electron chi connectivity index (χ2n) is 8.97. The molecule has 0 spiro atoms. The molecular formula is C26H29N7O3S. The standard InChI is InChI=1S/C26H29N7O3S/c1-37(35,36)22-5-2-4-20(18-22)23-6-3-7-24-30-26(31-33(23)24)29-21-10-8-19(9-11-21)25(34)28-14-17-32-15-12-27-13-16-32/h2-11,18,27H,12-17H2,1H3,(H,28,34)(H,29,31). The highest BCUT2D eigenvalue weighted by Crippen LogP contribution is 2.24. The first kappa shape index (κ1) is 24.9. The van der Waals surface area contributed by atoms with Crippen LogP contribution in [0.15, 0.2) is 71.6 Å². The Hall–Kier alpha value is -3.80.